The Labute approximate surface area is 102 Å². The minimum Gasteiger partial charge on any atom is -0.396 e. The summed E-state index contributed by atoms with van der Waals surface area (Å²) in [6, 6.07) is 6.56. The van der Waals surface area contributed by atoms with Gasteiger partial charge in [-0.1, -0.05) is 18.2 Å². The third-order valence-electron chi connectivity index (χ3n) is 2.74. The van der Waals surface area contributed by atoms with E-state index in [2.05, 4.69) is 5.32 Å². The molecule has 1 aromatic carbocycles. The molecular formula is C13H21FN2O. The second kappa shape index (κ2) is 8.17. The average molecular weight is 240 g/mol. The summed E-state index contributed by atoms with van der Waals surface area (Å²) in [4.78, 5) is 0. The van der Waals surface area contributed by atoms with E-state index in [1.165, 1.54) is 6.07 Å². The first-order valence-corrected chi connectivity index (χ1v) is 6.08. The van der Waals surface area contributed by atoms with Crippen LogP contribution in [0.3, 0.4) is 0 Å². The summed E-state index contributed by atoms with van der Waals surface area (Å²) in [5, 5.41) is 11.9. The van der Waals surface area contributed by atoms with E-state index in [4.69, 9.17) is 10.8 Å². The minimum absolute atomic E-state index is 0.134. The van der Waals surface area contributed by atoms with Crippen molar-refractivity contribution in [3.63, 3.8) is 0 Å². The lowest BCUT2D eigenvalue weighted by molar-refractivity contribution is 0.282. The highest BCUT2D eigenvalue weighted by Gasteiger charge is 2.12. The zero-order valence-electron chi connectivity index (χ0n) is 10.0. The molecule has 96 valence electrons. The number of aliphatic hydroxyl groups excluding tert-OH is 1. The van der Waals surface area contributed by atoms with Crippen LogP contribution in [0.4, 0.5) is 4.39 Å². The van der Waals surface area contributed by atoms with E-state index in [0.29, 0.717) is 12.1 Å². The number of halogens is 1. The quantitative estimate of drug-likeness (QED) is 0.605. The molecule has 0 saturated heterocycles. The first-order chi connectivity index (χ1) is 8.29. The lowest BCUT2D eigenvalue weighted by atomic mass is 10.1. The number of rotatable bonds is 8. The summed E-state index contributed by atoms with van der Waals surface area (Å²) in [6.45, 7) is 1.39. The van der Waals surface area contributed by atoms with Gasteiger partial charge < -0.3 is 16.2 Å². The van der Waals surface area contributed by atoms with E-state index in [9.17, 15) is 4.39 Å². The number of benzene rings is 1. The van der Waals surface area contributed by atoms with Crippen LogP contribution >= 0.6 is 0 Å². The Morgan fingerprint density at radius 3 is 2.65 bits per heavy atom. The zero-order chi connectivity index (χ0) is 12.5. The zero-order valence-corrected chi connectivity index (χ0v) is 10.0. The molecule has 1 atom stereocenters. The molecule has 0 amide bonds. The van der Waals surface area contributed by atoms with Crippen molar-refractivity contribution < 1.29 is 9.50 Å². The fourth-order valence-corrected chi connectivity index (χ4v) is 1.77. The van der Waals surface area contributed by atoms with Gasteiger partial charge in [-0.3, -0.25) is 0 Å². The molecule has 0 heterocycles. The molecule has 1 aromatic rings. The summed E-state index contributed by atoms with van der Waals surface area (Å²) < 4.78 is 13.5. The molecule has 1 rings (SSSR count). The van der Waals surface area contributed by atoms with Crippen molar-refractivity contribution in [2.24, 2.45) is 5.73 Å². The lowest BCUT2D eigenvalue weighted by Crippen LogP contribution is -2.29. The fourth-order valence-electron chi connectivity index (χ4n) is 1.77. The molecule has 0 saturated carbocycles. The van der Waals surface area contributed by atoms with Crippen molar-refractivity contribution in [2.45, 2.75) is 25.3 Å². The van der Waals surface area contributed by atoms with Gasteiger partial charge in [-0.05, 0) is 31.9 Å². The minimum atomic E-state index is -0.217. The molecule has 17 heavy (non-hydrogen) atoms. The van der Waals surface area contributed by atoms with Gasteiger partial charge >= 0.3 is 0 Å². The molecule has 4 N–H and O–H groups in total. The Balaban J connectivity index is 2.41. The number of unbranched alkanes of at least 4 members (excludes halogenated alkanes) is 2. The van der Waals surface area contributed by atoms with E-state index >= 15 is 0 Å². The number of aliphatic hydroxyl groups is 1. The Morgan fingerprint density at radius 2 is 2.00 bits per heavy atom. The molecule has 0 aliphatic carbocycles. The molecule has 1 unspecified atom stereocenters. The largest absolute Gasteiger partial charge is 0.396 e. The molecular weight excluding hydrogens is 219 g/mol. The molecule has 0 fully saturated rings. The maximum atomic E-state index is 13.5. The van der Waals surface area contributed by atoms with Gasteiger partial charge in [0.25, 0.3) is 0 Å². The molecule has 0 bridgehead atoms. The SMILES string of the molecule is NCC(NCCCCCO)c1ccccc1F. The topological polar surface area (TPSA) is 58.3 Å². The summed E-state index contributed by atoms with van der Waals surface area (Å²) in [7, 11) is 0. The number of nitrogens with one attached hydrogen (secondary N) is 1. The normalized spacial score (nSPS) is 12.6. The molecule has 0 radical (unpaired) electrons. The first-order valence-electron chi connectivity index (χ1n) is 6.08. The summed E-state index contributed by atoms with van der Waals surface area (Å²) in [5.74, 6) is -0.217. The highest BCUT2D eigenvalue weighted by atomic mass is 19.1. The van der Waals surface area contributed by atoms with Crippen molar-refractivity contribution in [3.05, 3.63) is 35.6 Å². The van der Waals surface area contributed by atoms with Gasteiger partial charge in [-0.2, -0.15) is 0 Å². The monoisotopic (exact) mass is 240 g/mol. The van der Waals surface area contributed by atoms with Crippen LogP contribution in [0.15, 0.2) is 24.3 Å². The van der Waals surface area contributed by atoms with E-state index in [-0.39, 0.29) is 18.5 Å². The molecule has 4 heteroatoms. The third kappa shape index (κ3) is 4.81. The van der Waals surface area contributed by atoms with Crippen molar-refractivity contribution >= 4 is 0 Å². The molecule has 0 spiro atoms. The van der Waals surface area contributed by atoms with Crippen molar-refractivity contribution in [2.75, 3.05) is 19.7 Å². The van der Waals surface area contributed by atoms with Gasteiger partial charge in [-0.25, -0.2) is 4.39 Å². The molecule has 0 aliphatic heterocycles. The van der Waals surface area contributed by atoms with Crippen LogP contribution < -0.4 is 11.1 Å². The highest BCUT2D eigenvalue weighted by Crippen LogP contribution is 2.15. The third-order valence-corrected chi connectivity index (χ3v) is 2.74. The van der Waals surface area contributed by atoms with Gasteiger partial charge in [0.05, 0.1) is 0 Å². The molecule has 0 aliphatic rings. The van der Waals surface area contributed by atoms with Gasteiger partial charge in [0, 0.05) is 24.8 Å². The van der Waals surface area contributed by atoms with Crippen molar-refractivity contribution in [3.8, 4) is 0 Å². The van der Waals surface area contributed by atoms with Crippen LogP contribution in [0, 0.1) is 5.82 Å². The Bertz CT molecular complexity index is 320. The maximum Gasteiger partial charge on any atom is 0.128 e. The van der Waals surface area contributed by atoms with Crippen LogP contribution in [0.25, 0.3) is 0 Å². The Kier molecular flexibility index (Phi) is 6.77. The highest BCUT2D eigenvalue weighted by molar-refractivity contribution is 5.21. The van der Waals surface area contributed by atoms with Crippen LogP contribution in [0.1, 0.15) is 30.9 Å². The number of hydrogen-bond donors (Lipinski definition) is 3. The summed E-state index contributed by atoms with van der Waals surface area (Å²) in [5.41, 5.74) is 6.27. The predicted molar refractivity (Wildman–Crippen MR) is 67.1 cm³/mol. The Morgan fingerprint density at radius 1 is 1.24 bits per heavy atom. The number of hydrogen-bond acceptors (Lipinski definition) is 3. The fraction of sp³-hybridized carbons (Fsp3) is 0.538. The maximum absolute atomic E-state index is 13.5. The predicted octanol–water partition coefficient (Wildman–Crippen LogP) is 1.58. The summed E-state index contributed by atoms with van der Waals surface area (Å²) in [6.07, 6.45) is 2.75. The molecule has 0 aromatic heterocycles. The van der Waals surface area contributed by atoms with E-state index in [1.807, 2.05) is 6.07 Å². The van der Waals surface area contributed by atoms with Gasteiger partial charge in [0.15, 0.2) is 0 Å². The smallest absolute Gasteiger partial charge is 0.128 e. The van der Waals surface area contributed by atoms with Crippen LogP contribution in [0.5, 0.6) is 0 Å². The van der Waals surface area contributed by atoms with E-state index < -0.39 is 0 Å². The summed E-state index contributed by atoms with van der Waals surface area (Å²) >= 11 is 0. The van der Waals surface area contributed by atoms with Gasteiger partial charge in [0.1, 0.15) is 5.82 Å². The second-order valence-corrected chi connectivity index (χ2v) is 4.05. The van der Waals surface area contributed by atoms with E-state index in [1.54, 1.807) is 12.1 Å². The van der Waals surface area contributed by atoms with Crippen LogP contribution in [-0.2, 0) is 0 Å². The Hall–Kier alpha value is -0.970. The second-order valence-electron chi connectivity index (χ2n) is 4.05. The van der Waals surface area contributed by atoms with Crippen molar-refractivity contribution in [1.82, 2.24) is 5.32 Å². The van der Waals surface area contributed by atoms with Crippen LogP contribution in [-0.4, -0.2) is 24.8 Å². The first kappa shape index (κ1) is 14.1. The van der Waals surface area contributed by atoms with Crippen LogP contribution in [0.2, 0.25) is 0 Å². The van der Waals surface area contributed by atoms with E-state index in [0.717, 1.165) is 25.8 Å². The standard InChI is InChI=1S/C13H21FN2O/c14-12-7-3-2-6-11(12)13(10-15)16-8-4-1-5-9-17/h2-3,6-7,13,16-17H,1,4-5,8-10,15H2. The van der Waals surface area contributed by atoms with Crippen molar-refractivity contribution in [1.29, 1.82) is 0 Å². The molecule has 3 nitrogen and oxygen atoms in total. The van der Waals surface area contributed by atoms with Gasteiger partial charge in [0.2, 0.25) is 0 Å². The lowest BCUT2D eigenvalue weighted by Gasteiger charge is -2.17. The average Bonchev–Trinajstić information content (AvgIpc) is 2.35. The van der Waals surface area contributed by atoms with Gasteiger partial charge in [-0.15, -0.1) is 0 Å². The number of nitrogens with two attached hydrogens (primary N) is 1.